The molecule has 0 bridgehead atoms. The summed E-state index contributed by atoms with van der Waals surface area (Å²) < 4.78 is 20.6. The number of tetrazole rings is 1. The number of fused-ring (bicyclic) bond motifs is 1. The monoisotopic (exact) mass is 803 g/mol. The van der Waals surface area contributed by atoms with Crippen LogP contribution in [0.1, 0.15) is 79.1 Å². The molecule has 1 N–H and O–H groups in total. The second-order valence-electron chi connectivity index (χ2n) is 14.4. The molecule has 3 amide bonds. The summed E-state index contributed by atoms with van der Waals surface area (Å²) >= 11 is 10.3. The van der Waals surface area contributed by atoms with Crippen molar-refractivity contribution in [2.75, 3.05) is 29.5 Å². The molecule has 1 aliphatic heterocycles. The smallest absolute Gasteiger partial charge is 0.425 e. The lowest BCUT2D eigenvalue weighted by Crippen LogP contribution is -2.51. The molecule has 52 heavy (non-hydrogen) atoms. The van der Waals surface area contributed by atoms with E-state index in [9.17, 15) is 14.4 Å². The number of rotatable bonds is 9. The third-order valence-electron chi connectivity index (χ3n) is 7.94. The molecule has 1 aromatic carbocycles. The van der Waals surface area contributed by atoms with Crippen LogP contribution in [-0.4, -0.2) is 88.9 Å². The van der Waals surface area contributed by atoms with Gasteiger partial charge in [-0.1, -0.05) is 40.9 Å². The van der Waals surface area contributed by atoms with Crippen LogP contribution < -0.4 is 15.1 Å². The summed E-state index contributed by atoms with van der Waals surface area (Å²) in [5.74, 6) is 0.390. The summed E-state index contributed by atoms with van der Waals surface area (Å²) in [5, 5.41) is 15.6. The van der Waals surface area contributed by atoms with E-state index in [0.717, 1.165) is 22.6 Å². The largest absolute Gasteiger partial charge is 0.449 e. The number of carbonyl (C=O) groups excluding carboxylic acids is 3. The molecule has 0 unspecified atom stereocenters. The van der Waals surface area contributed by atoms with Crippen molar-refractivity contribution in [3.8, 4) is 0 Å². The molecular formula is C33H43BrClN11O6. The van der Waals surface area contributed by atoms with Gasteiger partial charge in [-0.2, -0.15) is 4.90 Å². The van der Waals surface area contributed by atoms with Gasteiger partial charge in [-0.25, -0.2) is 34.0 Å². The summed E-state index contributed by atoms with van der Waals surface area (Å²) in [5.41, 5.74) is -0.495. The molecule has 0 aliphatic carbocycles. The van der Waals surface area contributed by atoms with Crippen LogP contribution in [0, 0.1) is 0 Å². The predicted octanol–water partition coefficient (Wildman–Crippen LogP) is 6.12. The molecule has 0 saturated carbocycles. The highest BCUT2D eigenvalue weighted by Crippen LogP contribution is 2.39. The fourth-order valence-electron chi connectivity index (χ4n) is 5.76. The minimum Gasteiger partial charge on any atom is -0.449 e. The Balaban J connectivity index is 1.51. The first kappa shape index (κ1) is 38.6. The summed E-state index contributed by atoms with van der Waals surface area (Å²) in [4.78, 5) is 55.9. The number of hydrogen-bond donors (Lipinski definition) is 1. The second-order valence-corrected chi connectivity index (χ2v) is 15.7. The predicted molar refractivity (Wildman–Crippen MR) is 195 cm³/mol. The molecule has 4 aromatic rings. The molecular weight excluding hydrogens is 762 g/mol. The second kappa shape index (κ2) is 15.2. The number of halogens is 2. The van der Waals surface area contributed by atoms with Gasteiger partial charge in [-0.05, 0) is 76.9 Å². The molecule has 1 fully saturated rings. The van der Waals surface area contributed by atoms with Crippen LogP contribution in [0.25, 0.3) is 11.2 Å². The number of nitrogens with one attached hydrogen (secondary N) is 1. The fraction of sp³-hybridized carbons (Fsp3) is 0.545. The number of nitrogens with zero attached hydrogens (tertiary/aromatic N) is 10. The molecule has 0 spiro atoms. The molecule has 5 rings (SSSR count). The third-order valence-corrected chi connectivity index (χ3v) is 8.87. The lowest BCUT2D eigenvalue weighted by molar-refractivity contribution is 0.0453. The van der Waals surface area contributed by atoms with E-state index >= 15 is 0 Å². The molecule has 0 radical (unpaired) electrons. The lowest BCUT2D eigenvalue weighted by atomic mass is 9.97. The lowest BCUT2D eigenvalue weighted by Gasteiger charge is -2.31. The van der Waals surface area contributed by atoms with Gasteiger partial charge >= 0.3 is 18.3 Å². The van der Waals surface area contributed by atoms with Gasteiger partial charge in [0, 0.05) is 40.9 Å². The first-order valence-corrected chi connectivity index (χ1v) is 17.9. The first-order valence-electron chi connectivity index (χ1n) is 16.7. The van der Waals surface area contributed by atoms with Gasteiger partial charge in [0.15, 0.2) is 22.8 Å². The van der Waals surface area contributed by atoms with Crippen LogP contribution in [0.2, 0.25) is 5.02 Å². The van der Waals surface area contributed by atoms with E-state index in [-0.39, 0.29) is 24.5 Å². The Kier molecular flexibility index (Phi) is 11.3. The Labute approximate surface area is 314 Å². The number of hydrogen-bond acceptors (Lipinski definition) is 13. The Morgan fingerprint density at radius 1 is 1.06 bits per heavy atom. The molecule has 19 heteroatoms. The van der Waals surface area contributed by atoms with Gasteiger partial charge in [0.1, 0.15) is 23.1 Å². The van der Waals surface area contributed by atoms with Crippen molar-refractivity contribution >= 4 is 68.5 Å². The summed E-state index contributed by atoms with van der Waals surface area (Å²) in [6.07, 6.45) is 2.18. The van der Waals surface area contributed by atoms with Gasteiger partial charge in [-0.3, -0.25) is 0 Å². The van der Waals surface area contributed by atoms with Crippen LogP contribution >= 0.6 is 27.5 Å². The number of imidazole rings is 1. The van der Waals surface area contributed by atoms with E-state index in [1.54, 1.807) is 65.6 Å². The third kappa shape index (κ3) is 8.71. The van der Waals surface area contributed by atoms with E-state index in [4.69, 9.17) is 25.8 Å². The Morgan fingerprint density at radius 3 is 2.44 bits per heavy atom. The zero-order chi connectivity index (χ0) is 38.0. The Bertz CT molecular complexity index is 1960. The average molecular weight is 805 g/mol. The van der Waals surface area contributed by atoms with Gasteiger partial charge in [0.2, 0.25) is 0 Å². The van der Waals surface area contributed by atoms with Crippen LogP contribution in [0.15, 0.2) is 29.3 Å². The van der Waals surface area contributed by atoms with Crippen LogP contribution in [0.3, 0.4) is 0 Å². The van der Waals surface area contributed by atoms with E-state index in [2.05, 4.69) is 56.6 Å². The number of alkyl carbamates (subject to hydrolysis) is 1. The van der Waals surface area contributed by atoms with Gasteiger partial charge in [-0.15, -0.1) is 5.10 Å². The molecule has 1 atom stereocenters. The van der Waals surface area contributed by atoms with Crippen molar-refractivity contribution in [2.24, 2.45) is 7.05 Å². The zero-order valence-corrected chi connectivity index (χ0v) is 32.8. The van der Waals surface area contributed by atoms with E-state index in [1.165, 1.54) is 11.0 Å². The SMILES string of the molecule is CCCCOC(=O)N(C(=O)OC(C)(C)C)c1ncnc2c1ncn2Cc1c(Br)cc(Cl)cc1N1CC[C@](NC(=O)OC(C)(C)C)(c2nnnn2C)C1. The highest BCUT2D eigenvalue weighted by Gasteiger charge is 2.46. The van der Waals surface area contributed by atoms with Crippen molar-refractivity contribution in [3.63, 3.8) is 0 Å². The summed E-state index contributed by atoms with van der Waals surface area (Å²) in [6.45, 7) is 13.6. The molecule has 1 aliphatic rings. The fourth-order valence-corrected chi connectivity index (χ4v) is 6.68. The highest BCUT2D eigenvalue weighted by atomic mass is 79.9. The first-order chi connectivity index (χ1) is 24.4. The molecule has 280 valence electrons. The molecule has 3 aromatic heterocycles. The summed E-state index contributed by atoms with van der Waals surface area (Å²) in [7, 11) is 1.72. The number of aromatic nitrogens is 8. The molecule has 1 saturated heterocycles. The maximum absolute atomic E-state index is 13.4. The minimum absolute atomic E-state index is 0.0790. The standard InChI is InChI=1S/C33H43BrClN11O6/c1-9-10-13-50-29(48)46(30(49)52-32(5,6)7)26-24-25(36-18-37-26)45(19-38-24)16-21-22(34)14-20(35)15-23(21)44-12-11-33(17-44,27-40-41-42-43(27)8)39-28(47)51-31(2,3)4/h14-15,18-19H,9-13,16-17H2,1-8H3,(H,39,47)/t33-/m1/s1. The molecule has 4 heterocycles. The molecule has 17 nitrogen and oxygen atoms in total. The Morgan fingerprint density at radius 2 is 1.79 bits per heavy atom. The number of aryl methyl sites for hydroxylation is 1. The van der Waals surface area contributed by atoms with Gasteiger partial charge in [0.25, 0.3) is 0 Å². The van der Waals surface area contributed by atoms with Crippen LogP contribution in [0.5, 0.6) is 0 Å². The number of carbonyl (C=O) groups is 3. The number of amides is 3. The number of ether oxygens (including phenoxy) is 3. The normalized spacial score (nSPS) is 16.2. The average Bonchev–Trinajstić information content (AvgIpc) is 3.76. The topological polar surface area (TPSA) is 185 Å². The number of benzene rings is 1. The number of anilines is 2. The Hall–Kier alpha value is -4.58. The van der Waals surface area contributed by atoms with E-state index in [0.29, 0.717) is 46.9 Å². The van der Waals surface area contributed by atoms with E-state index < -0.39 is 35.0 Å². The maximum Gasteiger partial charge on any atom is 0.425 e. The quantitative estimate of drug-likeness (QED) is 0.151. The van der Waals surface area contributed by atoms with Crippen LogP contribution in [-0.2, 0) is 33.3 Å². The van der Waals surface area contributed by atoms with Crippen molar-refractivity contribution in [1.29, 1.82) is 0 Å². The minimum atomic E-state index is -0.993. The summed E-state index contributed by atoms with van der Waals surface area (Å²) in [6, 6.07) is 3.63. The van der Waals surface area contributed by atoms with Crippen molar-refractivity contribution in [1.82, 2.24) is 45.0 Å². The van der Waals surface area contributed by atoms with E-state index in [1.807, 2.05) is 13.0 Å². The van der Waals surface area contributed by atoms with Gasteiger partial charge in [0.05, 0.1) is 19.5 Å². The number of unbranched alkanes of at least 4 members (excludes halogenated alkanes) is 1. The van der Waals surface area contributed by atoms with Crippen LogP contribution in [0.4, 0.5) is 25.9 Å². The van der Waals surface area contributed by atoms with Crippen molar-refractivity contribution < 1.29 is 28.6 Å². The van der Waals surface area contributed by atoms with Crippen molar-refractivity contribution in [2.45, 2.75) is 91.0 Å². The van der Waals surface area contributed by atoms with Gasteiger partial charge < -0.3 is 29.0 Å². The number of imide groups is 1. The highest BCUT2D eigenvalue weighted by molar-refractivity contribution is 9.10. The maximum atomic E-state index is 13.4. The van der Waals surface area contributed by atoms with Crippen molar-refractivity contribution in [3.05, 3.63) is 45.7 Å². The zero-order valence-electron chi connectivity index (χ0n) is 30.4.